The first kappa shape index (κ1) is 20.2. The molecule has 5 heteroatoms. The van der Waals surface area contributed by atoms with Gasteiger partial charge in [0.1, 0.15) is 0 Å². The Labute approximate surface area is 200 Å². The van der Waals surface area contributed by atoms with Crippen molar-refractivity contribution in [3.63, 3.8) is 0 Å². The average molecular weight is 542 g/mol. The quantitative estimate of drug-likeness (QED) is 0.407. The van der Waals surface area contributed by atoms with Crippen LogP contribution in [0.25, 0.3) is 0 Å². The minimum absolute atomic E-state index is 0.0309. The summed E-state index contributed by atoms with van der Waals surface area (Å²) in [6.45, 7) is 0. The number of rotatable bonds is 3. The molecule has 4 saturated carbocycles. The Morgan fingerprint density at radius 1 is 0.903 bits per heavy atom. The maximum atomic E-state index is 14.2. The molecule has 2 aromatic rings. The van der Waals surface area contributed by atoms with Gasteiger partial charge < -0.3 is 0 Å². The summed E-state index contributed by atoms with van der Waals surface area (Å²) in [4.78, 5) is 14.2. The van der Waals surface area contributed by atoms with E-state index < -0.39 is 0 Å². The smallest absolute Gasteiger partial charge is 0.249 e. The molecule has 4 aliphatic carbocycles. The number of hydrogen-bond donors (Lipinski definition) is 0. The zero-order valence-corrected chi connectivity index (χ0v) is 20.6. The van der Waals surface area contributed by atoms with Gasteiger partial charge in [0.05, 0.1) is 17.2 Å². The zero-order chi connectivity index (χ0) is 21.2. The van der Waals surface area contributed by atoms with E-state index in [1.54, 1.807) is 0 Å². The highest BCUT2D eigenvalue weighted by Gasteiger charge is 2.57. The first-order chi connectivity index (χ1) is 15.0. The fourth-order valence-electron chi connectivity index (χ4n) is 7.10. The van der Waals surface area contributed by atoms with Gasteiger partial charge in [0.15, 0.2) is 0 Å². The average Bonchev–Trinajstić information content (AvgIpc) is 3.18. The summed E-state index contributed by atoms with van der Waals surface area (Å²) in [6.07, 6.45) is 8.00. The van der Waals surface area contributed by atoms with Crippen molar-refractivity contribution in [1.29, 1.82) is 0 Å². The molecule has 0 spiro atoms. The molecule has 3 nitrogen and oxygen atoms in total. The van der Waals surface area contributed by atoms with E-state index in [4.69, 9.17) is 5.10 Å². The Morgan fingerprint density at radius 2 is 1.55 bits per heavy atom. The van der Waals surface area contributed by atoms with E-state index in [0.29, 0.717) is 0 Å². The summed E-state index contributed by atoms with van der Waals surface area (Å²) in [7, 11) is 0. The van der Waals surface area contributed by atoms with Crippen LogP contribution in [-0.2, 0) is 4.79 Å². The maximum absolute atomic E-state index is 14.2. The molecular weight excluding hydrogens is 516 g/mol. The highest BCUT2D eigenvalue weighted by Crippen LogP contribution is 2.61. The standard InChI is InChI=1S/C26H26Br2N2O/c27-21-6-4-19(5-7-21)23-12-24(20-2-1-3-22(28)11-20)30(29-23)25(31)26-13-16-8-17(14-26)10-18(9-16)15-26/h1-7,11,16-18,24H,8-10,12-15H2. The molecular formula is C26H26Br2N2O. The summed E-state index contributed by atoms with van der Waals surface area (Å²) in [6, 6.07) is 16.6. The SMILES string of the molecule is O=C(N1N=C(c2ccc(Br)cc2)CC1c1cccc(Br)c1)C12CC3CC(CC(C3)C1)C2. The molecule has 0 radical (unpaired) electrons. The lowest BCUT2D eigenvalue weighted by molar-refractivity contribution is -0.159. The van der Waals surface area contributed by atoms with Crippen LogP contribution in [0.15, 0.2) is 62.6 Å². The first-order valence-corrected chi connectivity index (χ1v) is 13.0. The fourth-order valence-corrected chi connectivity index (χ4v) is 7.78. The number of nitrogens with zero attached hydrogens (tertiary/aromatic N) is 2. The number of halogens is 2. The first-order valence-electron chi connectivity index (χ1n) is 11.4. The van der Waals surface area contributed by atoms with Crippen LogP contribution in [0, 0.1) is 23.2 Å². The van der Waals surface area contributed by atoms with E-state index >= 15 is 0 Å². The highest BCUT2D eigenvalue weighted by atomic mass is 79.9. The van der Waals surface area contributed by atoms with Gasteiger partial charge in [-0.25, -0.2) is 5.01 Å². The van der Waals surface area contributed by atoms with Crippen LogP contribution < -0.4 is 0 Å². The van der Waals surface area contributed by atoms with E-state index in [1.807, 2.05) is 11.1 Å². The minimum Gasteiger partial charge on any atom is -0.272 e. The molecule has 1 amide bonds. The molecule has 1 aliphatic heterocycles. The monoisotopic (exact) mass is 540 g/mol. The van der Waals surface area contributed by atoms with Gasteiger partial charge in [-0.15, -0.1) is 0 Å². The van der Waals surface area contributed by atoms with Gasteiger partial charge in [-0.05, 0) is 91.7 Å². The van der Waals surface area contributed by atoms with Crippen molar-refractivity contribution >= 4 is 43.5 Å². The van der Waals surface area contributed by atoms with Crippen molar-refractivity contribution in [1.82, 2.24) is 5.01 Å². The minimum atomic E-state index is -0.183. The van der Waals surface area contributed by atoms with Crippen molar-refractivity contribution in [2.24, 2.45) is 28.3 Å². The molecule has 0 N–H and O–H groups in total. The largest absolute Gasteiger partial charge is 0.272 e. The Kier molecular flexibility index (Phi) is 4.91. The fraction of sp³-hybridized carbons (Fsp3) is 0.462. The predicted octanol–water partition coefficient (Wildman–Crippen LogP) is 7.11. The second-order valence-electron chi connectivity index (χ2n) is 10.2. The molecule has 4 bridgehead atoms. The molecule has 1 unspecified atom stereocenters. The van der Waals surface area contributed by atoms with Crippen molar-refractivity contribution in [3.8, 4) is 0 Å². The van der Waals surface area contributed by atoms with Crippen molar-refractivity contribution in [2.75, 3.05) is 0 Å². The van der Waals surface area contributed by atoms with Crippen LogP contribution >= 0.6 is 31.9 Å². The molecule has 0 aromatic heterocycles. The number of carbonyl (C=O) groups excluding carboxylic acids is 1. The molecule has 2 aromatic carbocycles. The van der Waals surface area contributed by atoms with E-state index in [-0.39, 0.29) is 17.4 Å². The maximum Gasteiger partial charge on any atom is 0.249 e. The number of carbonyl (C=O) groups is 1. The van der Waals surface area contributed by atoms with E-state index in [9.17, 15) is 4.79 Å². The lowest BCUT2D eigenvalue weighted by atomic mass is 9.49. The molecule has 5 aliphatic rings. The van der Waals surface area contributed by atoms with Gasteiger partial charge in [0, 0.05) is 15.4 Å². The van der Waals surface area contributed by atoms with Crippen LogP contribution in [0.4, 0.5) is 0 Å². The van der Waals surface area contributed by atoms with Crippen molar-refractivity contribution in [3.05, 3.63) is 68.6 Å². The molecule has 7 rings (SSSR count). The van der Waals surface area contributed by atoms with E-state index in [0.717, 1.165) is 69.2 Å². The third-order valence-corrected chi connectivity index (χ3v) is 9.04. The van der Waals surface area contributed by atoms with Crippen molar-refractivity contribution in [2.45, 2.75) is 51.0 Å². The zero-order valence-electron chi connectivity index (χ0n) is 17.4. The summed E-state index contributed by atoms with van der Waals surface area (Å²) in [5.74, 6) is 2.52. The Hall–Kier alpha value is -1.46. The summed E-state index contributed by atoms with van der Waals surface area (Å²) in [5, 5.41) is 6.88. The summed E-state index contributed by atoms with van der Waals surface area (Å²) >= 11 is 7.15. The number of hydrogen-bond acceptors (Lipinski definition) is 2. The molecule has 31 heavy (non-hydrogen) atoms. The van der Waals surface area contributed by atoms with Crippen LogP contribution in [0.1, 0.15) is 62.1 Å². The summed E-state index contributed by atoms with van der Waals surface area (Å²) < 4.78 is 2.10. The molecule has 1 heterocycles. The van der Waals surface area contributed by atoms with Gasteiger partial charge >= 0.3 is 0 Å². The summed E-state index contributed by atoms with van der Waals surface area (Å²) in [5.41, 5.74) is 3.08. The van der Waals surface area contributed by atoms with E-state index in [2.05, 4.69) is 74.3 Å². The Balaban J connectivity index is 1.38. The third kappa shape index (κ3) is 3.52. The number of hydrazone groups is 1. The second-order valence-corrected chi connectivity index (χ2v) is 12.0. The van der Waals surface area contributed by atoms with Crippen LogP contribution in [0.3, 0.4) is 0 Å². The third-order valence-electron chi connectivity index (χ3n) is 8.02. The van der Waals surface area contributed by atoms with Crippen LogP contribution in [0.2, 0.25) is 0 Å². The molecule has 1 atom stereocenters. The lowest BCUT2D eigenvalue weighted by Crippen LogP contribution is -2.53. The lowest BCUT2D eigenvalue weighted by Gasteiger charge is -2.56. The Morgan fingerprint density at radius 3 is 2.16 bits per heavy atom. The molecule has 0 saturated heterocycles. The second kappa shape index (κ2) is 7.55. The molecule has 4 fully saturated rings. The van der Waals surface area contributed by atoms with Gasteiger partial charge in [0.25, 0.3) is 0 Å². The Bertz CT molecular complexity index is 1030. The van der Waals surface area contributed by atoms with Crippen LogP contribution in [-0.4, -0.2) is 16.6 Å². The predicted molar refractivity (Wildman–Crippen MR) is 130 cm³/mol. The topological polar surface area (TPSA) is 32.7 Å². The molecule has 160 valence electrons. The van der Waals surface area contributed by atoms with E-state index in [1.165, 1.54) is 19.3 Å². The van der Waals surface area contributed by atoms with Gasteiger partial charge in [0.2, 0.25) is 5.91 Å². The number of benzene rings is 2. The van der Waals surface area contributed by atoms with Gasteiger partial charge in [-0.3, -0.25) is 4.79 Å². The van der Waals surface area contributed by atoms with Crippen LogP contribution in [0.5, 0.6) is 0 Å². The van der Waals surface area contributed by atoms with Gasteiger partial charge in [-0.1, -0.05) is 56.1 Å². The van der Waals surface area contributed by atoms with Gasteiger partial charge in [-0.2, -0.15) is 5.10 Å². The van der Waals surface area contributed by atoms with Crippen molar-refractivity contribution < 1.29 is 4.79 Å². The normalized spacial score (nSPS) is 33.6. The highest BCUT2D eigenvalue weighted by molar-refractivity contribution is 9.10. The number of amides is 1.